The Kier molecular flexibility index (Phi) is 3.95. The summed E-state index contributed by atoms with van der Waals surface area (Å²) >= 11 is 5.87. The molecular weight excluding hydrogens is 296 g/mol. The van der Waals surface area contributed by atoms with Crippen molar-refractivity contribution < 1.29 is 4.79 Å². The molecule has 0 aliphatic heterocycles. The first-order valence-electron chi connectivity index (χ1n) is 6.93. The second-order valence-electron chi connectivity index (χ2n) is 5.10. The molecule has 4 heteroatoms. The quantitative estimate of drug-likeness (QED) is 0.944. The lowest BCUT2D eigenvalue weighted by atomic mass is 9.89. The minimum atomic E-state index is -0.139. The van der Waals surface area contributed by atoms with Crippen LogP contribution in [-0.4, -0.2) is 5.78 Å². The van der Waals surface area contributed by atoms with E-state index < -0.39 is 0 Å². The van der Waals surface area contributed by atoms with Crippen molar-refractivity contribution in [2.24, 2.45) is 0 Å². The molecule has 1 aliphatic carbocycles. The first-order valence-corrected chi connectivity index (χ1v) is 7.31. The Labute approximate surface area is 133 Å². The fourth-order valence-electron chi connectivity index (χ4n) is 2.55. The number of carbonyl (C=O) groups excluding carboxylic acids is 1. The van der Waals surface area contributed by atoms with E-state index in [0.717, 1.165) is 16.7 Å². The van der Waals surface area contributed by atoms with Crippen molar-refractivity contribution >= 4 is 23.1 Å². The largest absolute Gasteiger partial charge is 0.379 e. The van der Waals surface area contributed by atoms with Crippen molar-refractivity contribution in [3.05, 3.63) is 75.8 Å². The maximum Gasteiger partial charge on any atom is 0.179 e. The summed E-state index contributed by atoms with van der Waals surface area (Å²) < 4.78 is 0. The molecule has 0 heterocycles. The summed E-state index contributed by atoms with van der Waals surface area (Å²) in [5.74, 6) is -0.139. The Morgan fingerprint density at radius 3 is 2.59 bits per heavy atom. The molecule has 1 aliphatic rings. The molecule has 0 saturated heterocycles. The van der Waals surface area contributed by atoms with Gasteiger partial charge in [-0.25, -0.2) is 0 Å². The van der Waals surface area contributed by atoms with Gasteiger partial charge in [-0.1, -0.05) is 48.0 Å². The average molecular weight is 309 g/mol. The van der Waals surface area contributed by atoms with Crippen LogP contribution >= 0.6 is 11.6 Å². The van der Waals surface area contributed by atoms with Gasteiger partial charge in [0.1, 0.15) is 11.6 Å². The zero-order chi connectivity index (χ0) is 15.5. The fourth-order valence-corrected chi connectivity index (χ4v) is 2.67. The van der Waals surface area contributed by atoms with E-state index in [1.54, 1.807) is 0 Å². The summed E-state index contributed by atoms with van der Waals surface area (Å²) in [5, 5.41) is 13.2. The van der Waals surface area contributed by atoms with Gasteiger partial charge in [-0.05, 0) is 23.3 Å². The number of nitriles is 1. The molecule has 1 N–H and O–H groups in total. The Balaban J connectivity index is 1.93. The molecule has 3 nitrogen and oxygen atoms in total. The van der Waals surface area contributed by atoms with E-state index in [9.17, 15) is 10.1 Å². The van der Waals surface area contributed by atoms with Crippen LogP contribution in [0.1, 0.15) is 16.7 Å². The van der Waals surface area contributed by atoms with E-state index in [1.165, 1.54) is 0 Å². The number of nitrogens with one attached hydrogen (secondary N) is 1. The molecule has 0 fully saturated rings. The smallest absolute Gasteiger partial charge is 0.179 e. The van der Waals surface area contributed by atoms with Crippen LogP contribution in [-0.2, 0) is 17.8 Å². The molecule has 108 valence electrons. The van der Waals surface area contributed by atoms with E-state index in [1.807, 2.05) is 54.6 Å². The molecular formula is C18H13ClN2O. The molecule has 0 atom stereocenters. The van der Waals surface area contributed by atoms with E-state index in [-0.39, 0.29) is 17.8 Å². The number of rotatable bonds is 3. The van der Waals surface area contributed by atoms with Crippen molar-refractivity contribution in [1.29, 1.82) is 5.26 Å². The number of allylic oxidation sites excluding steroid dienone is 1. The molecule has 2 aromatic carbocycles. The second-order valence-corrected chi connectivity index (χ2v) is 5.54. The van der Waals surface area contributed by atoms with Gasteiger partial charge in [0.25, 0.3) is 0 Å². The fraction of sp³-hybridized carbons (Fsp3) is 0.111. The third-order valence-electron chi connectivity index (χ3n) is 3.66. The molecule has 0 saturated carbocycles. The lowest BCUT2D eigenvalue weighted by molar-refractivity contribution is -0.114. The maximum absolute atomic E-state index is 12.1. The molecule has 0 amide bonds. The van der Waals surface area contributed by atoms with E-state index in [4.69, 9.17) is 11.6 Å². The predicted molar refractivity (Wildman–Crippen MR) is 86.0 cm³/mol. The third-order valence-corrected chi connectivity index (χ3v) is 3.91. The highest BCUT2D eigenvalue weighted by atomic mass is 35.5. The van der Waals surface area contributed by atoms with E-state index >= 15 is 0 Å². The summed E-state index contributed by atoms with van der Waals surface area (Å²) in [6.45, 7) is 0.527. The topological polar surface area (TPSA) is 52.9 Å². The van der Waals surface area contributed by atoms with Gasteiger partial charge < -0.3 is 5.32 Å². The van der Waals surface area contributed by atoms with Crippen molar-refractivity contribution in [3.8, 4) is 6.07 Å². The number of hydrogen-bond acceptors (Lipinski definition) is 3. The normalized spacial score (nSPS) is 13.5. The zero-order valence-corrected chi connectivity index (χ0v) is 12.5. The molecule has 0 radical (unpaired) electrons. The van der Waals surface area contributed by atoms with Crippen LogP contribution in [0.25, 0.3) is 5.70 Å². The van der Waals surface area contributed by atoms with Gasteiger partial charge in [0, 0.05) is 23.6 Å². The Bertz CT molecular complexity index is 801. The number of halogens is 1. The maximum atomic E-state index is 12.1. The number of ketones is 1. The first kappa shape index (κ1) is 14.4. The molecule has 2 aromatic rings. The van der Waals surface area contributed by atoms with Gasteiger partial charge >= 0.3 is 0 Å². The predicted octanol–water partition coefficient (Wildman–Crippen LogP) is 3.49. The minimum absolute atomic E-state index is 0.139. The standard InChI is InChI=1S/C18H13ClN2O/c19-14-7-5-12(6-8-14)11-21-18-15-4-2-1-3-13(15)9-17(22)16(18)10-20/h1-8,21H,9,11H2. The lowest BCUT2D eigenvalue weighted by Crippen LogP contribution is -2.23. The second kappa shape index (κ2) is 6.05. The van der Waals surface area contributed by atoms with Crippen molar-refractivity contribution in [3.63, 3.8) is 0 Å². The van der Waals surface area contributed by atoms with Crippen molar-refractivity contribution in [2.45, 2.75) is 13.0 Å². The van der Waals surface area contributed by atoms with Gasteiger partial charge in [0.05, 0.1) is 5.70 Å². The molecule has 0 spiro atoms. The Morgan fingerprint density at radius 1 is 1.14 bits per heavy atom. The summed E-state index contributed by atoms with van der Waals surface area (Å²) in [6, 6.07) is 17.2. The number of hydrogen-bond donors (Lipinski definition) is 1. The number of nitrogens with zero attached hydrogens (tertiary/aromatic N) is 1. The third kappa shape index (κ3) is 2.74. The van der Waals surface area contributed by atoms with Gasteiger partial charge in [0.15, 0.2) is 5.78 Å². The van der Waals surface area contributed by atoms with Crippen LogP contribution in [0.3, 0.4) is 0 Å². The van der Waals surface area contributed by atoms with Crippen LogP contribution in [0, 0.1) is 11.3 Å². The molecule has 3 rings (SSSR count). The number of fused-ring (bicyclic) bond motifs is 1. The van der Waals surface area contributed by atoms with Crippen LogP contribution in [0.4, 0.5) is 0 Å². The first-order chi connectivity index (χ1) is 10.7. The molecule has 0 bridgehead atoms. The number of carbonyl (C=O) groups is 1. The van der Waals surface area contributed by atoms with Crippen molar-refractivity contribution in [1.82, 2.24) is 5.32 Å². The monoisotopic (exact) mass is 308 g/mol. The lowest BCUT2D eigenvalue weighted by Gasteiger charge is -2.20. The van der Waals surface area contributed by atoms with E-state index in [2.05, 4.69) is 5.32 Å². The molecule has 22 heavy (non-hydrogen) atoms. The summed E-state index contributed by atoms with van der Waals surface area (Å²) in [6.07, 6.45) is 0.283. The van der Waals surface area contributed by atoms with Crippen molar-refractivity contribution in [2.75, 3.05) is 0 Å². The SMILES string of the molecule is N#CC1=C(NCc2ccc(Cl)cc2)c2ccccc2CC1=O. The molecule has 0 unspecified atom stereocenters. The summed E-state index contributed by atoms with van der Waals surface area (Å²) in [4.78, 5) is 12.1. The van der Waals surface area contributed by atoms with E-state index in [0.29, 0.717) is 17.3 Å². The van der Waals surface area contributed by atoms with Gasteiger partial charge in [-0.3, -0.25) is 4.79 Å². The highest BCUT2D eigenvalue weighted by molar-refractivity contribution is 6.30. The highest BCUT2D eigenvalue weighted by Gasteiger charge is 2.25. The van der Waals surface area contributed by atoms with Crippen LogP contribution in [0.2, 0.25) is 5.02 Å². The Morgan fingerprint density at radius 2 is 1.86 bits per heavy atom. The van der Waals surface area contributed by atoms with Crippen LogP contribution in [0.5, 0.6) is 0 Å². The van der Waals surface area contributed by atoms with Gasteiger partial charge in [0.2, 0.25) is 0 Å². The minimum Gasteiger partial charge on any atom is -0.379 e. The van der Waals surface area contributed by atoms with Crippen LogP contribution < -0.4 is 5.32 Å². The Hall–Kier alpha value is -2.57. The average Bonchev–Trinajstić information content (AvgIpc) is 2.53. The highest BCUT2D eigenvalue weighted by Crippen LogP contribution is 2.27. The zero-order valence-electron chi connectivity index (χ0n) is 11.8. The number of benzene rings is 2. The number of Topliss-reactive ketones (excluding diaryl/α,β-unsaturated/α-hetero) is 1. The summed E-state index contributed by atoms with van der Waals surface area (Å²) in [5.41, 5.74) is 3.72. The van der Waals surface area contributed by atoms with Gasteiger partial charge in [-0.15, -0.1) is 0 Å². The molecule has 0 aromatic heterocycles. The summed E-state index contributed by atoms with van der Waals surface area (Å²) in [7, 11) is 0. The van der Waals surface area contributed by atoms with Gasteiger partial charge in [-0.2, -0.15) is 5.26 Å². The van der Waals surface area contributed by atoms with Crippen LogP contribution in [0.15, 0.2) is 54.1 Å².